The van der Waals surface area contributed by atoms with Gasteiger partial charge in [-0.2, -0.15) is 10.4 Å². The summed E-state index contributed by atoms with van der Waals surface area (Å²) >= 11 is 6.12. The Morgan fingerprint density at radius 3 is 2.61 bits per heavy atom. The van der Waals surface area contributed by atoms with Crippen LogP contribution in [0.4, 0.5) is 5.82 Å². The van der Waals surface area contributed by atoms with Crippen molar-refractivity contribution in [3.05, 3.63) is 53.2 Å². The number of sulfonamides is 1. The molecule has 0 bridgehead atoms. The molecule has 2 aromatic carbocycles. The van der Waals surface area contributed by atoms with Crippen molar-refractivity contribution in [1.29, 1.82) is 5.26 Å². The molecule has 1 aromatic heterocycles. The highest BCUT2D eigenvalue weighted by molar-refractivity contribution is 7.93. The maximum Gasteiger partial charge on any atom is 0.263 e. The van der Waals surface area contributed by atoms with Crippen LogP contribution < -0.4 is 4.72 Å². The molecule has 3 aromatic rings. The fourth-order valence-corrected chi connectivity index (χ4v) is 3.84. The van der Waals surface area contributed by atoms with Crippen molar-refractivity contribution >= 4 is 38.2 Å². The Morgan fingerprint density at radius 1 is 1.22 bits per heavy atom. The van der Waals surface area contributed by atoms with Crippen LogP contribution in [0.15, 0.2) is 47.5 Å². The molecule has 0 saturated heterocycles. The van der Waals surface area contributed by atoms with Crippen LogP contribution in [0.2, 0.25) is 5.02 Å². The highest BCUT2D eigenvalue weighted by atomic mass is 35.5. The topological polar surface area (TPSA) is 87.8 Å². The standard InChI is InChI=1S/C15H11ClN4O2S/c1-20-15(10(8-17)9-18-20)19-23(21,22)14-7-6-13(16)11-4-2-3-5-12(11)14/h2-7,9,19H,1H3. The number of anilines is 1. The first-order valence-corrected chi connectivity index (χ1v) is 8.42. The lowest BCUT2D eigenvalue weighted by molar-refractivity contribution is 0.601. The minimum absolute atomic E-state index is 0.0857. The van der Waals surface area contributed by atoms with Gasteiger partial charge in [0, 0.05) is 22.8 Å². The van der Waals surface area contributed by atoms with Crippen molar-refractivity contribution in [3.8, 4) is 6.07 Å². The van der Waals surface area contributed by atoms with E-state index in [-0.39, 0.29) is 16.3 Å². The fourth-order valence-electron chi connectivity index (χ4n) is 2.29. The molecular weight excluding hydrogens is 336 g/mol. The molecule has 116 valence electrons. The van der Waals surface area contributed by atoms with E-state index in [9.17, 15) is 8.42 Å². The number of aryl methyl sites for hydroxylation is 1. The molecular formula is C15H11ClN4O2S. The first kappa shape index (κ1) is 15.3. The quantitative estimate of drug-likeness (QED) is 0.789. The Hall–Kier alpha value is -2.56. The Morgan fingerprint density at radius 2 is 1.91 bits per heavy atom. The Labute approximate surface area is 138 Å². The number of hydrogen-bond donors (Lipinski definition) is 1. The molecule has 1 N–H and O–H groups in total. The van der Waals surface area contributed by atoms with Gasteiger partial charge in [-0.25, -0.2) is 8.42 Å². The molecule has 8 heteroatoms. The number of nitrogens with zero attached hydrogens (tertiary/aromatic N) is 3. The smallest absolute Gasteiger partial charge is 0.262 e. The summed E-state index contributed by atoms with van der Waals surface area (Å²) in [5.41, 5.74) is 0.148. The van der Waals surface area contributed by atoms with Crippen LogP contribution in [0.1, 0.15) is 5.56 Å². The van der Waals surface area contributed by atoms with E-state index in [1.54, 1.807) is 31.3 Å². The second-order valence-corrected chi connectivity index (χ2v) is 6.90. The average Bonchev–Trinajstić information content (AvgIpc) is 2.87. The van der Waals surface area contributed by atoms with Crippen LogP contribution in [-0.2, 0) is 17.1 Å². The molecule has 23 heavy (non-hydrogen) atoms. The first-order chi connectivity index (χ1) is 10.9. The van der Waals surface area contributed by atoms with Crippen molar-refractivity contribution in [2.24, 2.45) is 7.05 Å². The molecule has 0 spiro atoms. The van der Waals surface area contributed by atoms with Gasteiger partial charge in [-0.1, -0.05) is 35.9 Å². The van der Waals surface area contributed by atoms with E-state index >= 15 is 0 Å². The van der Waals surface area contributed by atoms with Gasteiger partial charge in [0.1, 0.15) is 11.6 Å². The van der Waals surface area contributed by atoms with Gasteiger partial charge in [-0.15, -0.1) is 0 Å². The van der Waals surface area contributed by atoms with Crippen molar-refractivity contribution in [3.63, 3.8) is 0 Å². The third-order valence-corrected chi connectivity index (χ3v) is 5.14. The molecule has 0 saturated carbocycles. The van der Waals surface area contributed by atoms with Crippen LogP contribution in [0.3, 0.4) is 0 Å². The molecule has 3 rings (SSSR count). The van der Waals surface area contributed by atoms with Gasteiger partial charge in [-0.05, 0) is 12.1 Å². The molecule has 0 aliphatic heterocycles. The predicted molar refractivity (Wildman–Crippen MR) is 87.7 cm³/mol. The van der Waals surface area contributed by atoms with Crippen molar-refractivity contribution in [2.75, 3.05) is 4.72 Å². The first-order valence-electron chi connectivity index (χ1n) is 6.56. The van der Waals surface area contributed by atoms with Gasteiger partial charge in [0.05, 0.1) is 11.1 Å². The summed E-state index contributed by atoms with van der Waals surface area (Å²) in [6, 6.07) is 11.8. The molecule has 1 heterocycles. The molecule has 6 nitrogen and oxygen atoms in total. The number of nitriles is 1. The van der Waals surface area contributed by atoms with Gasteiger partial charge in [0.2, 0.25) is 0 Å². The largest absolute Gasteiger partial charge is 0.263 e. The summed E-state index contributed by atoms with van der Waals surface area (Å²) in [5, 5.41) is 14.6. The summed E-state index contributed by atoms with van der Waals surface area (Å²) in [4.78, 5) is 0.0857. The van der Waals surface area contributed by atoms with Gasteiger partial charge in [-0.3, -0.25) is 9.40 Å². The maximum absolute atomic E-state index is 12.7. The Bertz CT molecular complexity index is 1050. The molecule has 0 aliphatic carbocycles. The number of fused-ring (bicyclic) bond motifs is 1. The van der Waals surface area contributed by atoms with E-state index in [4.69, 9.17) is 16.9 Å². The SMILES string of the molecule is Cn1ncc(C#N)c1NS(=O)(=O)c1ccc(Cl)c2ccccc12. The number of halogens is 1. The minimum atomic E-state index is -3.90. The van der Waals surface area contributed by atoms with Crippen LogP contribution in [0, 0.1) is 11.3 Å². The van der Waals surface area contributed by atoms with Crippen molar-refractivity contribution in [2.45, 2.75) is 4.90 Å². The Balaban J connectivity index is 2.17. The van der Waals surface area contributed by atoms with E-state index in [0.29, 0.717) is 15.8 Å². The highest BCUT2D eigenvalue weighted by Crippen LogP contribution is 2.30. The average molecular weight is 347 g/mol. The zero-order chi connectivity index (χ0) is 16.6. The minimum Gasteiger partial charge on any atom is -0.262 e. The zero-order valence-corrected chi connectivity index (χ0v) is 13.6. The van der Waals surface area contributed by atoms with E-state index in [1.807, 2.05) is 6.07 Å². The summed E-state index contributed by atoms with van der Waals surface area (Å²) in [6.07, 6.45) is 1.30. The predicted octanol–water partition coefficient (Wildman–Crippen LogP) is 2.90. The van der Waals surface area contributed by atoms with Crippen LogP contribution >= 0.6 is 11.6 Å². The molecule has 0 atom stereocenters. The van der Waals surface area contributed by atoms with Crippen LogP contribution in [0.25, 0.3) is 10.8 Å². The second-order valence-electron chi connectivity index (χ2n) is 4.84. The summed E-state index contributed by atoms with van der Waals surface area (Å²) in [6.45, 7) is 0. The third kappa shape index (κ3) is 2.63. The summed E-state index contributed by atoms with van der Waals surface area (Å²) < 4.78 is 29.2. The second kappa shape index (κ2) is 5.57. The number of nitrogens with one attached hydrogen (secondary N) is 1. The highest BCUT2D eigenvalue weighted by Gasteiger charge is 2.21. The van der Waals surface area contributed by atoms with E-state index in [1.165, 1.54) is 23.0 Å². The van der Waals surface area contributed by atoms with Crippen LogP contribution in [0.5, 0.6) is 0 Å². The number of rotatable bonds is 3. The molecule has 0 unspecified atom stereocenters. The molecule has 0 aliphatic rings. The van der Waals surface area contributed by atoms with E-state index in [0.717, 1.165) is 0 Å². The van der Waals surface area contributed by atoms with Gasteiger partial charge in [0.15, 0.2) is 5.82 Å². The lowest BCUT2D eigenvalue weighted by Crippen LogP contribution is -2.16. The number of aromatic nitrogens is 2. The van der Waals surface area contributed by atoms with Gasteiger partial charge >= 0.3 is 0 Å². The molecule has 0 fully saturated rings. The van der Waals surface area contributed by atoms with E-state index < -0.39 is 10.0 Å². The lowest BCUT2D eigenvalue weighted by Gasteiger charge is -2.11. The number of hydrogen-bond acceptors (Lipinski definition) is 4. The number of benzene rings is 2. The lowest BCUT2D eigenvalue weighted by atomic mass is 10.1. The fraction of sp³-hybridized carbons (Fsp3) is 0.0667. The van der Waals surface area contributed by atoms with Gasteiger partial charge < -0.3 is 0 Å². The molecule has 0 amide bonds. The monoisotopic (exact) mass is 346 g/mol. The Kier molecular flexibility index (Phi) is 3.72. The zero-order valence-electron chi connectivity index (χ0n) is 12.0. The molecule has 0 radical (unpaired) electrons. The van der Waals surface area contributed by atoms with Crippen molar-refractivity contribution < 1.29 is 8.42 Å². The summed E-state index contributed by atoms with van der Waals surface area (Å²) in [5.74, 6) is 0.117. The van der Waals surface area contributed by atoms with Gasteiger partial charge in [0.25, 0.3) is 10.0 Å². The van der Waals surface area contributed by atoms with Crippen molar-refractivity contribution in [1.82, 2.24) is 9.78 Å². The normalized spacial score (nSPS) is 11.3. The maximum atomic E-state index is 12.7. The van der Waals surface area contributed by atoms with Crippen LogP contribution in [-0.4, -0.2) is 18.2 Å². The van der Waals surface area contributed by atoms with E-state index in [2.05, 4.69) is 9.82 Å². The third-order valence-electron chi connectivity index (χ3n) is 3.41. The summed E-state index contributed by atoms with van der Waals surface area (Å²) in [7, 11) is -2.35.